The van der Waals surface area contributed by atoms with Crippen molar-refractivity contribution in [1.82, 2.24) is 5.48 Å². The molecule has 1 unspecified atom stereocenters. The van der Waals surface area contributed by atoms with Gasteiger partial charge in [-0.1, -0.05) is 0 Å². The van der Waals surface area contributed by atoms with Crippen LogP contribution in [0, 0.1) is 0 Å². The largest absolute Gasteiger partial charge is 0.423 e. The number of carbonyl (C=O) groups excluding carboxylic acids is 1. The Balaban J connectivity index is 3.70. The summed E-state index contributed by atoms with van der Waals surface area (Å²) in [4.78, 5) is 13.9. The predicted molar refractivity (Wildman–Crippen MR) is 35.3 cm³/mol. The number of hydrogen-bond acceptors (Lipinski definition) is 4. The molecule has 0 heterocycles. The summed E-state index contributed by atoms with van der Waals surface area (Å²) in [6.45, 7) is -0.426. The van der Waals surface area contributed by atoms with E-state index in [1.54, 1.807) is 5.48 Å². The SMILES string of the molecule is NC(=O)ONC(CCO)C(F)F. The van der Waals surface area contributed by atoms with E-state index in [9.17, 15) is 13.6 Å². The van der Waals surface area contributed by atoms with Gasteiger partial charge in [-0.05, 0) is 6.42 Å². The number of hydrogen-bond donors (Lipinski definition) is 3. The number of amides is 1. The van der Waals surface area contributed by atoms with Crippen molar-refractivity contribution in [2.45, 2.75) is 18.9 Å². The molecule has 1 atom stereocenters. The Hall–Kier alpha value is -0.950. The third-order valence-corrected chi connectivity index (χ3v) is 1.06. The zero-order chi connectivity index (χ0) is 9.56. The summed E-state index contributed by atoms with van der Waals surface area (Å²) in [5.41, 5.74) is 6.24. The molecule has 72 valence electrons. The van der Waals surface area contributed by atoms with Crippen LogP contribution in [0.1, 0.15) is 6.42 Å². The molecule has 0 aliphatic carbocycles. The van der Waals surface area contributed by atoms with E-state index in [2.05, 4.69) is 10.6 Å². The summed E-state index contributed by atoms with van der Waals surface area (Å²) in [5.74, 6) is 0. The quantitative estimate of drug-likeness (QED) is 0.507. The van der Waals surface area contributed by atoms with Gasteiger partial charge in [0.05, 0.1) is 0 Å². The number of rotatable bonds is 5. The van der Waals surface area contributed by atoms with Crippen molar-refractivity contribution < 1.29 is 23.5 Å². The zero-order valence-electron chi connectivity index (χ0n) is 6.17. The molecule has 0 saturated carbocycles. The van der Waals surface area contributed by atoms with Crippen molar-refractivity contribution in [2.75, 3.05) is 6.61 Å². The lowest BCUT2D eigenvalue weighted by atomic mass is 10.2. The van der Waals surface area contributed by atoms with E-state index in [0.29, 0.717) is 0 Å². The number of primary amides is 1. The van der Waals surface area contributed by atoms with Gasteiger partial charge >= 0.3 is 6.09 Å². The van der Waals surface area contributed by atoms with Gasteiger partial charge in [-0.3, -0.25) is 0 Å². The van der Waals surface area contributed by atoms with Gasteiger partial charge < -0.3 is 15.7 Å². The number of halogens is 2. The summed E-state index contributed by atoms with van der Waals surface area (Å²) < 4.78 is 23.9. The number of aliphatic hydroxyl groups is 1. The van der Waals surface area contributed by atoms with Crippen LogP contribution in [0.5, 0.6) is 0 Å². The molecule has 0 spiro atoms. The van der Waals surface area contributed by atoms with Gasteiger partial charge in [0, 0.05) is 6.61 Å². The van der Waals surface area contributed by atoms with Crippen LogP contribution >= 0.6 is 0 Å². The first kappa shape index (κ1) is 11.1. The van der Waals surface area contributed by atoms with Crippen molar-refractivity contribution in [3.05, 3.63) is 0 Å². The van der Waals surface area contributed by atoms with Crippen LogP contribution in [0.2, 0.25) is 0 Å². The van der Waals surface area contributed by atoms with E-state index < -0.39 is 25.2 Å². The van der Waals surface area contributed by atoms with Gasteiger partial charge in [-0.15, -0.1) is 5.48 Å². The highest BCUT2D eigenvalue weighted by Crippen LogP contribution is 2.04. The van der Waals surface area contributed by atoms with Crippen molar-refractivity contribution in [2.24, 2.45) is 5.73 Å². The molecular weight excluding hydrogens is 174 g/mol. The molecule has 0 radical (unpaired) electrons. The minimum atomic E-state index is -2.73. The minimum Gasteiger partial charge on any atom is -0.396 e. The van der Waals surface area contributed by atoms with E-state index in [-0.39, 0.29) is 6.42 Å². The molecule has 7 heteroatoms. The van der Waals surface area contributed by atoms with Crippen LogP contribution < -0.4 is 11.2 Å². The molecule has 0 aromatic heterocycles. The number of alkyl halides is 2. The number of hydroxylamine groups is 1. The Morgan fingerprint density at radius 3 is 2.58 bits per heavy atom. The molecule has 0 bridgehead atoms. The average molecular weight is 184 g/mol. The molecule has 0 aromatic rings. The highest BCUT2D eigenvalue weighted by Gasteiger charge is 2.20. The minimum absolute atomic E-state index is 0.217. The summed E-state index contributed by atoms with van der Waals surface area (Å²) in [7, 11) is 0. The third-order valence-electron chi connectivity index (χ3n) is 1.06. The van der Waals surface area contributed by atoms with E-state index >= 15 is 0 Å². The second kappa shape index (κ2) is 5.67. The maximum Gasteiger partial charge on any atom is 0.423 e. The molecule has 12 heavy (non-hydrogen) atoms. The Kier molecular flexibility index (Phi) is 5.22. The normalized spacial score (nSPS) is 13.0. The zero-order valence-corrected chi connectivity index (χ0v) is 6.17. The average Bonchev–Trinajstić information content (AvgIpc) is 1.96. The molecule has 0 saturated heterocycles. The second-order valence-electron chi connectivity index (χ2n) is 1.99. The molecule has 4 N–H and O–H groups in total. The van der Waals surface area contributed by atoms with Crippen molar-refractivity contribution >= 4 is 6.09 Å². The third kappa shape index (κ3) is 4.80. The number of nitrogens with two attached hydrogens (primary N) is 1. The molecule has 5 nitrogen and oxygen atoms in total. The van der Waals surface area contributed by atoms with E-state index in [1.807, 2.05) is 0 Å². The highest BCUT2D eigenvalue weighted by atomic mass is 19.3. The fourth-order valence-corrected chi connectivity index (χ4v) is 0.509. The monoisotopic (exact) mass is 184 g/mol. The van der Waals surface area contributed by atoms with Gasteiger partial charge in [0.15, 0.2) is 0 Å². The maximum atomic E-state index is 11.9. The lowest BCUT2D eigenvalue weighted by molar-refractivity contribution is 0.0000590. The van der Waals surface area contributed by atoms with Crippen LogP contribution in [0.3, 0.4) is 0 Å². The standard InChI is InChI=1S/C5H10F2N2O3/c6-4(7)3(1-2-10)9-12-5(8)11/h3-4,9-10H,1-2H2,(H2,8,11). The van der Waals surface area contributed by atoms with Gasteiger partial charge in [0.1, 0.15) is 6.04 Å². The smallest absolute Gasteiger partial charge is 0.396 e. The molecule has 0 aliphatic heterocycles. The van der Waals surface area contributed by atoms with Crippen LogP contribution in [-0.2, 0) is 4.84 Å². The van der Waals surface area contributed by atoms with Crippen LogP contribution in [-0.4, -0.2) is 30.3 Å². The van der Waals surface area contributed by atoms with Crippen LogP contribution in [0.15, 0.2) is 0 Å². The van der Waals surface area contributed by atoms with Gasteiger partial charge in [-0.25, -0.2) is 13.6 Å². The van der Waals surface area contributed by atoms with Crippen molar-refractivity contribution in [3.63, 3.8) is 0 Å². The molecule has 0 rings (SSSR count). The maximum absolute atomic E-state index is 11.9. The molecular formula is C5H10F2N2O3. The second-order valence-corrected chi connectivity index (χ2v) is 1.99. The van der Waals surface area contributed by atoms with Crippen molar-refractivity contribution in [1.29, 1.82) is 0 Å². The molecule has 0 aliphatic rings. The summed E-state index contributed by atoms with van der Waals surface area (Å²) in [6.07, 6.45) is -4.14. The first-order valence-corrected chi connectivity index (χ1v) is 3.18. The Bertz CT molecular complexity index is 145. The van der Waals surface area contributed by atoms with Gasteiger partial charge in [-0.2, -0.15) is 0 Å². The van der Waals surface area contributed by atoms with E-state index in [4.69, 9.17) is 5.11 Å². The predicted octanol–water partition coefficient (Wildman–Crippen LogP) is -0.398. The first-order valence-electron chi connectivity index (χ1n) is 3.18. The summed E-state index contributed by atoms with van der Waals surface area (Å²) in [5, 5.41) is 8.31. The summed E-state index contributed by atoms with van der Waals surface area (Å²) in [6, 6.07) is -1.39. The Labute approximate surface area is 67.4 Å². The number of aliphatic hydroxyl groups excluding tert-OH is 1. The number of nitrogens with one attached hydrogen (secondary N) is 1. The highest BCUT2D eigenvalue weighted by molar-refractivity contribution is 5.64. The fourth-order valence-electron chi connectivity index (χ4n) is 0.509. The summed E-state index contributed by atoms with van der Waals surface area (Å²) >= 11 is 0. The fraction of sp³-hybridized carbons (Fsp3) is 0.800. The molecule has 1 amide bonds. The molecule has 0 aromatic carbocycles. The van der Waals surface area contributed by atoms with Crippen LogP contribution in [0.25, 0.3) is 0 Å². The Morgan fingerprint density at radius 2 is 2.25 bits per heavy atom. The lowest BCUT2D eigenvalue weighted by Crippen LogP contribution is -2.39. The first-order chi connectivity index (χ1) is 5.57. The lowest BCUT2D eigenvalue weighted by Gasteiger charge is -2.14. The van der Waals surface area contributed by atoms with Crippen LogP contribution in [0.4, 0.5) is 13.6 Å². The van der Waals surface area contributed by atoms with E-state index in [1.165, 1.54) is 0 Å². The van der Waals surface area contributed by atoms with Crippen molar-refractivity contribution in [3.8, 4) is 0 Å². The topological polar surface area (TPSA) is 84.6 Å². The number of carbonyl (C=O) groups is 1. The van der Waals surface area contributed by atoms with Gasteiger partial charge in [0.2, 0.25) is 0 Å². The van der Waals surface area contributed by atoms with E-state index in [0.717, 1.165) is 0 Å². The van der Waals surface area contributed by atoms with Gasteiger partial charge in [0.25, 0.3) is 6.43 Å². The Morgan fingerprint density at radius 1 is 1.67 bits per heavy atom. The molecule has 0 fully saturated rings.